The zero-order valence-corrected chi connectivity index (χ0v) is 50.8. The number of hydrogen-bond donors (Lipinski definition) is 0. The topological polar surface area (TPSA) is 111 Å². The van der Waals surface area contributed by atoms with E-state index in [4.69, 9.17) is 18.5 Å². The van der Waals surface area contributed by atoms with Gasteiger partial charge in [0.2, 0.25) is 0 Å². The lowest BCUT2D eigenvalue weighted by atomic mass is 10.0. The SMILES string of the molecule is CC/C=C\C/C=C\C/C=C\C/C=C\C/C=C\CCCCCCCCCCCC(=O)OC(COC(=O)CCCCCCCCCCCCCCCCC/C=C\C/C=C\CCCCCCC)COP(=O)([O-])OCC[N+](C)(C)C. The molecule has 0 saturated carbocycles. The lowest BCUT2D eigenvalue weighted by molar-refractivity contribution is -0.870. The van der Waals surface area contributed by atoms with Crippen molar-refractivity contribution in [1.82, 2.24) is 0 Å². The number of unbranched alkanes of at least 4 members (excludes halogenated alkanes) is 29. The van der Waals surface area contributed by atoms with Crippen LogP contribution in [0.5, 0.6) is 0 Å². The van der Waals surface area contributed by atoms with Crippen molar-refractivity contribution < 1.29 is 42.1 Å². The molecule has 0 radical (unpaired) electrons. The summed E-state index contributed by atoms with van der Waals surface area (Å²) >= 11 is 0. The number of quaternary nitrogens is 1. The second-order valence-electron chi connectivity index (χ2n) is 22.0. The van der Waals surface area contributed by atoms with E-state index in [1.807, 2.05) is 21.1 Å². The third-order valence-corrected chi connectivity index (χ3v) is 14.4. The fourth-order valence-corrected chi connectivity index (χ4v) is 9.33. The monoisotopic (exact) mass is 1080 g/mol. The minimum atomic E-state index is -4.64. The van der Waals surface area contributed by atoms with Gasteiger partial charge in [0, 0.05) is 12.8 Å². The molecule has 0 aromatic rings. The van der Waals surface area contributed by atoms with E-state index in [9.17, 15) is 19.0 Å². The number of esters is 2. The molecule has 0 aromatic carbocycles. The van der Waals surface area contributed by atoms with Gasteiger partial charge in [-0.25, -0.2) is 0 Å². The van der Waals surface area contributed by atoms with Crippen LogP contribution >= 0.6 is 7.82 Å². The van der Waals surface area contributed by atoms with Gasteiger partial charge < -0.3 is 27.9 Å². The van der Waals surface area contributed by atoms with Gasteiger partial charge >= 0.3 is 11.9 Å². The van der Waals surface area contributed by atoms with Crippen LogP contribution in [0.3, 0.4) is 0 Å². The maximum atomic E-state index is 12.8. The highest BCUT2D eigenvalue weighted by atomic mass is 31.2. The van der Waals surface area contributed by atoms with Crippen molar-refractivity contribution in [3.05, 3.63) is 85.1 Å². The fraction of sp³-hybridized carbons (Fsp3) is 0.758. The Morgan fingerprint density at radius 2 is 0.750 bits per heavy atom. The Hall–Kier alpha value is -2.81. The predicted molar refractivity (Wildman–Crippen MR) is 323 cm³/mol. The summed E-state index contributed by atoms with van der Waals surface area (Å²) in [4.78, 5) is 38.0. The van der Waals surface area contributed by atoms with Crippen molar-refractivity contribution in [3.63, 3.8) is 0 Å². The molecule has 0 N–H and O–H groups in total. The second kappa shape index (κ2) is 56.9. The van der Waals surface area contributed by atoms with E-state index in [2.05, 4.69) is 98.9 Å². The van der Waals surface area contributed by atoms with Crippen molar-refractivity contribution >= 4 is 19.8 Å². The summed E-state index contributed by atoms with van der Waals surface area (Å²) in [7, 11) is 1.16. The maximum Gasteiger partial charge on any atom is 0.306 e. The number of phosphoric ester groups is 1. The van der Waals surface area contributed by atoms with Crippen LogP contribution < -0.4 is 4.89 Å². The Morgan fingerprint density at radius 3 is 1.12 bits per heavy atom. The molecule has 0 rings (SSSR count). The number of rotatable bonds is 57. The molecule has 0 aliphatic rings. The quantitative estimate of drug-likeness (QED) is 0.0195. The maximum absolute atomic E-state index is 12.8. The first kappa shape index (κ1) is 73.2. The molecule has 0 amide bonds. The molecule has 0 bridgehead atoms. The van der Waals surface area contributed by atoms with Crippen molar-refractivity contribution in [3.8, 4) is 0 Å². The largest absolute Gasteiger partial charge is 0.756 e. The van der Waals surface area contributed by atoms with Crippen LogP contribution in [-0.4, -0.2) is 70.0 Å². The summed E-state index contributed by atoms with van der Waals surface area (Å²) in [5.41, 5.74) is 0. The number of hydrogen-bond acceptors (Lipinski definition) is 8. The van der Waals surface area contributed by atoms with E-state index in [1.165, 1.54) is 154 Å². The average Bonchev–Trinajstić information content (AvgIpc) is 3.38. The average molecular weight is 1080 g/mol. The van der Waals surface area contributed by atoms with Crippen LogP contribution in [0.4, 0.5) is 0 Å². The van der Waals surface area contributed by atoms with Crippen LogP contribution in [-0.2, 0) is 32.7 Å². The minimum absolute atomic E-state index is 0.0350. The first-order valence-corrected chi connectivity index (χ1v) is 32.8. The van der Waals surface area contributed by atoms with Crippen molar-refractivity contribution in [1.29, 1.82) is 0 Å². The molecule has 440 valence electrons. The lowest BCUT2D eigenvalue weighted by Gasteiger charge is -2.28. The highest BCUT2D eigenvalue weighted by Gasteiger charge is 2.22. The van der Waals surface area contributed by atoms with Crippen LogP contribution in [0.1, 0.15) is 271 Å². The molecule has 0 saturated heterocycles. The number of carbonyl (C=O) groups is 2. The van der Waals surface area contributed by atoms with Crippen LogP contribution in [0, 0.1) is 0 Å². The summed E-state index contributed by atoms with van der Waals surface area (Å²) in [6, 6.07) is 0. The number of allylic oxidation sites excluding steroid dienone is 14. The molecule has 0 heterocycles. The smallest absolute Gasteiger partial charge is 0.306 e. The Bertz CT molecular complexity index is 1560. The molecule has 0 spiro atoms. The van der Waals surface area contributed by atoms with Gasteiger partial charge in [0.15, 0.2) is 6.10 Å². The van der Waals surface area contributed by atoms with Gasteiger partial charge in [-0.3, -0.25) is 14.2 Å². The molecule has 9 nitrogen and oxygen atoms in total. The fourth-order valence-electron chi connectivity index (χ4n) is 8.60. The molecule has 0 aliphatic carbocycles. The molecular weight excluding hydrogens is 966 g/mol. The number of phosphoric acid groups is 1. The number of nitrogens with zero attached hydrogens (tertiary/aromatic N) is 1. The zero-order chi connectivity index (χ0) is 55.6. The van der Waals surface area contributed by atoms with E-state index in [0.717, 1.165) is 83.5 Å². The molecule has 2 unspecified atom stereocenters. The van der Waals surface area contributed by atoms with Gasteiger partial charge in [0.1, 0.15) is 19.8 Å². The van der Waals surface area contributed by atoms with E-state index < -0.39 is 26.5 Å². The summed E-state index contributed by atoms with van der Waals surface area (Å²) in [6.45, 7) is 4.13. The number of ether oxygens (including phenoxy) is 2. The van der Waals surface area contributed by atoms with Gasteiger partial charge in [-0.2, -0.15) is 0 Å². The summed E-state index contributed by atoms with van der Waals surface area (Å²) in [5.74, 6) is -0.836. The summed E-state index contributed by atoms with van der Waals surface area (Å²) in [5, 5.41) is 0. The zero-order valence-electron chi connectivity index (χ0n) is 49.9. The second-order valence-corrected chi connectivity index (χ2v) is 23.4. The Morgan fingerprint density at radius 1 is 0.421 bits per heavy atom. The molecular formula is C66H118NO8P. The summed E-state index contributed by atoms with van der Waals surface area (Å²) < 4.78 is 34.2. The molecule has 2 atom stereocenters. The van der Waals surface area contributed by atoms with E-state index in [-0.39, 0.29) is 32.0 Å². The van der Waals surface area contributed by atoms with Crippen molar-refractivity contribution in [2.45, 2.75) is 277 Å². The van der Waals surface area contributed by atoms with Crippen LogP contribution in [0.2, 0.25) is 0 Å². The van der Waals surface area contributed by atoms with Crippen LogP contribution in [0.15, 0.2) is 85.1 Å². The van der Waals surface area contributed by atoms with Gasteiger partial charge in [-0.05, 0) is 89.9 Å². The molecule has 0 aliphatic heterocycles. The van der Waals surface area contributed by atoms with Gasteiger partial charge in [0.25, 0.3) is 7.82 Å². The molecule has 10 heteroatoms. The Kier molecular flexibility index (Phi) is 54.8. The third kappa shape index (κ3) is 60.4. The first-order chi connectivity index (χ1) is 37.0. The Labute approximate surface area is 469 Å². The molecule has 0 aromatic heterocycles. The van der Waals surface area contributed by atoms with E-state index in [0.29, 0.717) is 17.4 Å². The standard InChI is InChI=1S/C66H118NO8P/c1-6-8-10-12-14-16-18-20-22-24-26-28-30-32-33-35-36-38-40-42-44-46-48-50-52-54-56-58-65(68)72-62-64(63-74-76(70,71)73-61-60-67(3,4)5)75-66(69)59-57-55-53-51-49-47-45-43-41-39-37-34-31-29-27-25-23-21-19-17-15-13-11-9-7-2/h9,11,15,17-18,20-21,23-24,26-27,29,34,37,64H,6-8,10,12-14,16,19,22,25,28,30-33,35-36,38-63H2,1-5H3/b11-9-,17-15-,20-18-,23-21-,26-24-,29-27-,37-34-. The van der Waals surface area contributed by atoms with E-state index in [1.54, 1.807) is 0 Å². The van der Waals surface area contributed by atoms with Gasteiger partial charge in [-0.1, -0.05) is 253 Å². The van der Waals surface area contributed by atoms with Crippen molar-refractivity contribution in [2.24, 2.45) is 0 Å². The van der Waals surface area contributed by atoms with Crippen LogP contribution in [0.25, 0.3) is 0 Å². The minimum Gasteiger partial charge on any atom is -0.756 e. The normalized spacial score (nSPS) is 13.8. The highest BCUT2D eigenvalue weighted by molar-refractivity contribution is 7.45. The summed E-state index contributed by atoms with van der Waals surface area (Å²) in [6.07, 6.45) is 76.3. The third-order valence-electron chi connectivity index (χ3n) is 13.4. The molecule has 76 heavy (non-hydrogen) atoms. The van der Waals surface area contributed by atoms with Gasteiger partial charge in [-0.15, -0.1) is 0 Å². The number of likely N-dealkylation sites (N-methyl/N-ethyl adjacent to an activating group) is 1. The van der Waals surface area contributed by atoms with Gasteiger partial charge in [0.05, 0.1) is 27.7 Å². The molecule has 0 fully saturated rings. The Balaban J connectivity index is 4.13. The first-order valence-electron chi connectivity index (χ1n) is 31.3. The predicted octanol–water partition coefficient (Wildman–Crippen LogP) is 19.2. The number of carbonyl (C=O) groups excluding carboxylic acids is 2. The van der Waals surface area contributed by atoms with E-state index >= 15 is 0 Å². The lowest BCUT2D eigenvalue weighted by Crippen LogP contribution is -2.37. The highest BCUT2D eigenvalue weighted by Crippen LogP contribution is 2.38. The van der Waals surface area contributed by atoms with Crippen molar-refractivity contribution in [2.75, 3.05) is 47.5 Å².